The molecule has 0 spiro atoms. The van der Waals surface area contributed by atoms with Crippen molar-refractivity contribution in [2.45, 2.75) is 0 Å². The number of carbonyl (C=O) groups excluding carboxylic acids is 1. The number of benzene rings is 2. The molecular weight excluding hydrogens is 352 g/mol. The molecule has 0 fully saturated rings. The molecule has 8 heteroatoms. The second-order valence-electron chi connectivity index (χ2n) is 4.14. The Morgan fingerprint density at radius 3 is 2.61 bits per heavy atom. The fourth-order valence-electron chi connectivity index (χ4n) is 1.71. The van der Waals surface area contributed by atoms with Crippen molar-refractivity contribution in [1.29, 1.82) is 0 Å². The van der Waals surface area contributed by atoms with Crippen molar-refractivity contribution in [1.82, 2.24) is 5.43 Å². The van der Waals surface area contributed by atoms with Gasteiger partial charge in [-0.25, -0.2) is 0 Å². The quantitative estimate of drug-likeness (QED) is 0.348. The number of nitrogens with one attached hydrogen (secondary N) is 1. The SMILES string of the molecule is COc1cccc(/C=N/NC(=[OH+])c2ccccc2[O-])c1[OH2+].O.[Cu]. The standard InChI is InChI=1S/C15H14N2O4.Cu.H2O/c1-21-13-8-4-5-10(14(13)19)9-16-17-15(20)11-6-2-3-7-12(11)18;;/h2-9,18-19H,1H3,(H,17,20);;1H2/p+1/b16-9+;;. The van der Waals surface area contributed by atoms with E-state index in [1.165, 1.54) is 25.5 Å². The number of para-hydroxylation sites is 2. The molecule has 6 N–H and O–H groups in total. The van der Waals surface area contributed by atoms with Crippen LogP contribution in [0.2, 0.25) is 0 Å². The van der Waals surface area contributed by atoms with Crippen LogP contribution in [0, 0.1) is 0 Å². The van der Waals surface area contributed by atoms with Crippen molar-refractivity contribution < 1.29 is 42.3 Å². The van der Waals surface area contributed by atoms with E-state index in [9.17, 15) is 9.90 Å². The van der Waals surface area contributed by atoms with E-state index >= 15 is 0 Å². The third-order valence-electron chi connectivity index (χ3n) is 2.79. The van der Waals surface area contributed by atoms with Gasteiger partial charge in [-0.3, -0.25) is 4.79 Å². The van der Waals surface area contributed by atoms with Crippen LogP contribution in [0.3, 0.4) is 0 Å². The van der Waals surface area contributed by atoms with Crippen LogP contribution in [-0.2, 0) is 17.1 Å². The van der Waals surface area contributed by atoms with Crippen LogP contribution in [0.5, 0.6) is 17.2 Å². The Bertz CT molecular complexity index is 691. The summed E-state index contributed by atoms with van der Waals surface area (Å²) >= 11 is 0. The Balaban J connectivity index is 0.00000242. The number of hydrogen-bond donors (Lipinski definition) is 1. The summed E-state index contributed by atoms with van der Waals surface area (Å²) in [5.41, 5.74) is 3.02. The summed E-state index contributed by atoms with van der Waals surface area (Å²) in [6.45, 7) is 0. The largest absolute Gasteiger partial charge is 0.872 e. The van der Waals surface area contributed by atoms with E-state index in [1.807, 2.05) is 0 Å². The van der Waals surface area contributed by atoms with E-state index in [-0.39, 0.29) is 45.5 Å². The molecule has 0 saturated heterocycles. The van der Waals surface area contributed by atoms with Gasteiger partial charge in [0.05, 0.1) is 24.5 Å². The van der Waals surface area contributed by atoms with Crippen LogP contribution >= 0.6 is 0 Å². The first-order valence-corrected chi connectivity index (χ1v) is 6.13. The van der Waals surface area contributed by atoms with Gasteiger partial charge in [-0.05, 0) is 18.2 Å². The first-order valence-electron chi connectivity index (χ1n) is 6.13. The fraction of sp³-hybridized carbons (Fsp3) is 0.0667. The Labute approximate surface area is 143 Å². The summed E-state index contributed by atoms with van der Waals surface area (Å²) in [6.07, 6.45) is 1.37. The van der Waals surface area contributed by atoms with Crippen LogP contribution in [0.25, 0.3) is 0 Å². The van der Waals surface area contributed by atoms with Crippen LogP contribution in [0.1, 0.15) is 11.1 Å². The molecule has 0 aliphatic heterocycles. The van der Waals surface area contributed by atoms with Crippen molar-refractivity contribution in [2.24, 2.45) is 5.10 Å². The summed E-state index contributed by atoms with van der Waals surface area (Å²) in [7, 11) is 1.48. The molecule has 0 saturated carbocycles. The average Bonchev–Trinajstić information content (AvgIpc) is 2.49. The predicted molar refractivity (Wildman–Crippen MR) is 82.3 cm³/mol. The molecule has 0 aliphatic carbocycles. The average molecular weight is 369 g/mol. The van der Waals surface area contributed by atoms with Gasteiger partial charge in [0, 0.05) is 17.1 Å². The zero-order valence-corrected chi connectivity index (χ0v) is 13.1. The Kier molecular flexibility index (Phi) is 8.43. The maximum absolute atomic E-state index is 11.5. The third-order valence-corrected chi connectivity index (χ3v) is 2.79. The maximum atomic E-state index is 11.5. The number of hydrazone groups is 1. The zero-order valence-electron chi connectivity index (χ0n) is 12.1. The first kappa shape index (κ1) is 20.5. The molecule has 127 valence electrons. The molecule has 1 radical (unpaired) electrons. The van der Waals surface area contributed by atoms with E-state index in [2.05, 4.69) is 10.5 Å². The second kappa shape index (κ2) is 9.47. The topological polar surface area (TPSA) is 132 Å². The monoisotopic (exact) mass is 368 g/mol. The van der Waals surface area contributed by atoms with Gasteiger partial charge in [-0.1, -0.05) is 30.0 Å². The molecule has 23 heavy (non-hydrogen) atoms. The van der Waals surface area contributed by atoms with E-state index < -0.39 is 0 Å². The molecule has 0 atom stereocenters. The maximum Gasteiger partial charge on any atom is 0.441 e. The number of rotatable bonds is 4. The zero-order chi connectivity index (χ0) is 15.2. The molecule has 2 aromatic rings. The fourth-order valence-corrected chi connectivity index (χ4v) is 1.71. The molecule has 0 aromatic heterocycles. The van der Waals surface area contributed by atoms with Crippen LogP contribution in [-0.4, -0.2) is 34.6 Å². The summed E-state index contributed by atoms with van der Waals surface area (Å²) in [6, 6.07) is 11.2. The van der Waals surface area contributed by atoms with E-state index in [1.54, 1.807) is 30.3 Å². The van der Waals surface area contributed by atoms with Crippen LogP contribution in [0.15, 0.2) is 47.6 Å². The van der Waals surface area contributed by atoms with E-state index in [0.29, 0.717) is 11.3 Å². The minimum atomic E-state index is -0.341. The van der Waals surface area contributed by atoms with Gasteiger partial charge in [-0.2, -0.15) is 10.5 Å². The first-order chi connectivity index (χ1) is 10.1. The number of hydrogen-bond acceptors (Lipinski definition) is 3. The van der Waals surface area contributed by atoms with Crippen molar-refractivity contribution >= 4 is 12.1 Å². The van der Waals surface area contributed by atoms with E-state index in [4.69, 9.17) is 9.84 Å². The Morgan fingerprint density at radius 1 is 1.26 bits per heavy atom. The van der Waals surface area contributed by atoms with Crippen molar-refractivity contribution in [3.05, 3.63) is 53.6 Å². The second-order valence-corrected chi connectivity index (χ2v) is 4.14. The van der Waals surface area contributed by atoms with Gasteiger partial charge in [0.15, 0.2) is 0 Å². The molecule has 0 aliphatic rings. The smallest absolute Gasteiger partial charge is 0.441 e. The van der Waals surface area contributed by atoms with Gasteiger partial charge in [-0.15, -0.1) is 0 Å². The van der Waals surface area contributed by atoms with Gasteiger partial charge in [0.2, 0.25) is 5.75 Å². The molecule has 2 rings (SSSR count). The summed E-state index contributed by atoms with van der Waals surface area (Å²) in [5, 5.41) is 23.2. The molecule has 7 nitrogen and oxygen atoms in total. The number of ether oxygens (including phenoxy) is 1. The normalized spacial score (nSPS) is 9.61. The van der Waals surface area contributed by atoms with Gasteiger partial charge < -0.3 is 20.4 Å². The number of nitrogens with zero attached hydrogens (tertiary/aromatic N) is 1. The van der Waals surface area contributed by atoms with Gasteiger partial charge in [0.1, 0.15) is 0 Å². The Hall–Kier alpha value is -2.54. The minimum Gasteiger partial charge on any atom is -0.872 e. The summed E-state index contributed by atoms with van der Waals surface area (Å²) < 4.78 is 5.03. The number of methoxy groups -OCH3 is 1. The molecule has 0 unspecified atom stereocenters. The van der Waals surface area contributed by atoms with Crippen LogP contribution in [0.4, 0.5) is 0 Å². The molecule has 0 bridgehead atoms. The molecule has 0 heterocycles. The van der Waals surface area contributed by atoms with Gasteiger partial charge >= 0.3 is 11.7 Å². The summed E-state index contributed by atoms with van der Waals surface area (Å²) in [5.74, 6) is -0.0298. The Morgan fingerprint density at radius 2 is 1.96 bits per heavy atom. The van der Waals surface area contributed by atoms with Crippen LogP contribution < -0.4 is 15.3 Å². The van der Waals surface area contributed by atoms with Crippen molar-refractivity contribution in [2.75, 3.05) is 7.11 Å². The van der Waals surface area contributed by atoms with Gasteiger partial charge in [0.25, 0.3) is 0 Å². The summed E-state index contributed by atoms with van der Waals surface area (Å²) in [4.78, 5) is 9.77. The predicted octanol–water partition coefficient (Wildman–Crippen LogP) is -0.146. The molecule has 2 aromatic carbocycles. The molecule has 1 amide bonds. The minimum absolute atomic E-state index is 0. The van der Waals surface area contributed by atoms with Crippen molar-refractivity contribution in [3.8, 4) is 17.2 Å². The third kappa shape index (κ3) is 5.00. The number of amides is 1. The van der Waals surface area contributed by atoms with Crippen molar-refractivity contribution in [3.63, 3.8) is 0 Å². The van der Waals surface area contributed by atoms with E-state index in [0.717, 1.165) is 0 Å². The molecular formula is C15H17CuN2O5+.